The van der Waals surface area contributed by atoms with Gasteiger partial charge < -0.3 is 9.47 Å². The fraction of sp³-hybridized carbons (Fsp3) is 0.500. The summed E-state index contributed by atoms with van der Waals surface area (Å²) in [6.07, 6.45) is 2.38. The zero-order chi connectivity index (χ0) is 25.0. The van der Waals surface area contributed by atoms with Gasteiger partial charge in [-0.2, -0.15) is 5.10 Å². The molecule has 0 fully saturated rings. The van der Waals surface area contributed by atoms with Crippen molar-refractivity contribution in [2.75, 3.05) is 13.8 Å². The highest BCUT2D eigenvalue weighted by molar-refractivity contribution is 6.33. The lowest BCUT2D eigenvalue weighted by atomic mass is 9.86. The molecule has 7 heteroatoms. The van der Waals surface area contributed by atoms with Gasteiger partial charge in [0.2, 0.25) is 6.79 Å². The molecule has 0 atom stereocenters. The number of benzene rings is 1. The average molecular weight is 474 g/mol. The first kappa shape index (κ1) is 26.7. The molecule has 1 heterocycles. The van der Waals surface area contributed by atoms with Crippen LogP contribution in [-0.4, -0.2) is 35.8 Å². The Labute approximate surface area is 202 Å². The summed E-state index contributed by atoms with van der Waals surface area (Å²) in [5, 5.41) is 4.90. The van der Waals surface area contributed by atoms with Crippen LogP contribution in [0, 0.1) is 12.3 Å². The maximum absolute atomic E-state index is 12.5. The van der Waals surface area contributed by atoms with Gasteiger partial charge in [0, 0.05) is 25.9 Å². The van der Waals surface area contributed by atoms with E-state index in [1.54, 1.807) is 25.0 Å². The Bertz CT molecular complexity index is 1040. The van der Waals surface area contributed by atoms with Crippen molar-refractivity contribution in [3.05, 3.63) is 51.8 Å². The Morgan fingerprint density at radius 2 is 1.76 bits per heavy atom. The van der Waals surface area contributed by atoms with Crippen molar-refractivity contribution in [1.29, 1.82) is 0 Å². The first-order chi connectivity index (χ1) is 15.3. The van der Waals surface area contributed by atoms with Crippen LogP contribution in [0.1, 0.15) is 70.5 Å². The molecule has 0 saturated carbocycles. The third kappa shape index (κ3) is 6.26. The van der Waals surface area contributed by atoms with Gasteiger partial charge in [-0.1, -0.05) is 63.6 Å². The number of aryl methyl sites for hydroxylation is 2. The van der Waals surface area contributed by atoms with E-state index >= 15 is 0 Å². The van der Waals surface area contributed by atoms with E-state index in [1.807, 2.05) is 39.8 Å². The van der Waals surface area contributed by atoms with Crippen LogP contribution in [-0.2, 0) is 26.7 Å². The lowest BCUT2D eigenvalue weighted by Crippen LogP contribution is -2.26. The number of hydrogen-bond donors (Lipinski definition) is 0. The zero-order valence-corrected chi connectivity index (χ0v) is 22.0. The predicted octanol–water partition coefficient (Wildman–Crippen LogP) is 6.20. The van der Waals surface area contributed by atoms with Gasteiger partial charge in [0.15, 0.2) is 5.76 Å². The minimum atomic E-state index is -0.593. The van der Waals surface area contributed by atoms with Crippen molar-refractivity contribution in [2.45, 2.75) is 60.3 Å². The summed E-state index contributed by atoms with van der Waals surface area (Å²) in [5.74, 6) is 0.121. The highest BCUT2D eigenvalue weighted by Crippen LogP contribution is 2.34. The van der Waals surface area contributed by atoms with Gasteiger partial charge in [0.05, 0.1) is 16.1 Å². The molecule has 1 aromatic heterocycles. The molecular formula is C26H36ClN3O3. The number of aliphatic imine (C=N–C) groups is 1. The van der Waals surface area contributed by atoms with Crippen LogP contribution in [0.15, 0.2) is 29.3 Å². The number of esters is 1. The summed E-state index contributed by atoms with van der Waals surface area (Å²) < 4.78 is 13.2. The second-order valence-corrected chi connectivity index (χ2v) is 10.1. The number of nitrogens with zero attached hydrogens (tertiary/aromatic N) is 3. The maximum atomic E-state index is 12.5. The van der Waals surface area contributed by atoms with Crippen LogP contribution < -0.4 is 0 Å². The Morgan fingerprint density at radius 3 is 2.21 bits per heavy atom. The summed E-state index contributed by atoms with van der Waals surface area (Å²) in [6, 6.07) is 8.25. The molecule has 2 aromatic rings. The van der Waals surface area contributed by atoms with Crippen LogP contribution in [0.3, 0.4) is 0 Å². The number of ether oxygens (including phenoxy) is 2. The summed E-state index contributed by atoms with van der Waals surface area (Å²) in [5.41, 5.74) is 3.54. The van der Waals surface area contributed by atoms with E-state index in [0.29, 0.717) is 34.2 Å². The molecule has 2 rings (SSSR count). The molecule has 180 valence electrons. The molecule has 0 aliphatic heterocycles. The quantitative estimate of drug-likeness (QED) is 0.198. The zero-order valence-electron chi connectivity index (χ0n) is 21.2. The van der Waals surface area contributed by atoms with Crippen molar-refractivity contribution < 1.29 is 14.3 Å². The maximum Gasteiger partial charge on any atom is 0.314 e. The second kappa shape index (κ2) is 10.6. The van der Waals surface area contributed by atoms with Crippen molar-refractivity contribution >= 4 is 35.1 Å². The minimum Gasteiger partial charge on any atom is -0.454 e. The fourth-order valence-corrected chi connectivity index (χ4v) is 3.42. The van der Waals surface area contributed by atoms with E-state index in [0.717, 1.165) is 5.56 Å². The summed E-state index contributed by atoms with van der Waals surface area (Å²) >= 11 is 6.61. The monoisotopic (exact) mass is 473 g/mol. The molecule has 0 spiro atoms. The van der Waals surface area contributed by atoms with Gasteiger partial charge in [0.25, 0.3) is 0 Å². The highest BCUT2D eigenvalue weighted by atomic mass is 35.5. The van der Waals surface area contributed by atoms with Gasteiger partial charge >= 0.3 is 5.97 Å². The lowest BCUT2D eigenvalue weighted by Gasteiger charge is -2.22. The van der Waals surface area contributed by atoms with Gasteiger partial charge in [0.1, 0.15) is 5.69 Å². The highest BCUT2D eigenvalue weighted by Gasteiger charge is 2.28. The van der Waals surface area contributed by atoms with Crippen molar-refractivity contribution in [3.8, 4) is 0 Å². The molecule has 0 N–H and O–H groups in total. The molecule has 6 nitrogen and oxygen atoms in total. The van der Waals surface area contributed by atoms with Gasteiger partial charge in [-0.25, -0.2) is 0 Å². The van der Waals surface area contributed by atoms with Gasteiger partial charge in [-0.15, -0.1) is 0 Å². The number of halogens is 1. The Kier molecular flexibility index (Phi) is 8.52. The van der Waals surface area contributed by atoms with E-state index < -0.39 is 5.41 Å². The fourth-order valence-electron chi connectivity index (χ4n) is 3.18. The normalized spacial score (nSPS) is 13.3. The van der Waals surface area contributed by atoms with Crippen LogP contribution in [0.2, 0.25) is 5.02 Å². The van der Waals surface area contributed by atoms with Gasteiger partial charge in [-0.05, 0) is 43.7 Å². The smallest absolute Gasteiger partial charge is 0.314 e. The molecule has 33 heavy (non-hydrogen) atoms. The molecule has 0 saturated heterocycles. The first-order valence-electron chi connectivity index (χ1n) is 11.1. The minimum absolute atomic E-state index is 0.0311. The largest absolute Gasteiger partial charge is 0.454 e. The SMILES string of the molecule is CCC(C)(C)C(=O)OCO/C(=C(/C=N/C)c1ccc(C(C)(C)C)cc1)c1c(Cl)c(C)nn1C. The van der Waals surface area contributed by atoms with Gasteiger partial charge in [-0.3, -0.25) is 14.5 Å². The first-order valence-corrected chi connectivity index (χ1v) is 11.5. The predicted molar refractivity (Wildman–Crippen MR) is 135 cm³/mol. The molecule has 0 aliphatic rings. The third-order valence-corrected chi connectivity index (χ3v) is 6.21. The van der Waals surface area contributed by atoms with Crippen LogP contribution in [0.25, 0.3) is 11.3 Å². The number of rotatable bonds is 8. The Hall–Kier alpha value is -2.60. The van der Waals surface area contributed by atoms with Crippen molar-refractivity contribution in [2.24, 2.45) is 17.5 Å². The molecule has 0 bridgehead atoms. The Morgan fingerprint density at radius 1 is 1.15 bits per heavy atom. The molecule has 0 unspecified atom stereocenters. The standard InChI is InChI=1S/C26H36ClN3O3/c1-10-26(6,7)24(31)33-16-32-23(22-21(27)17(2)29-30(22)9)20(15-28-8)18-11-13-19(14-12-18)25(3,4)5/h11-15H,10,16H2,1-9H3/b23-20-,28-15+. The molecule has 0 aliphatic carbocycles. The topological polar surface area (TPSA) is 65.7 Å². The van der Waals surface area contributed by atoms with E-state index in [-0.39, 0.29) is 18.2 Å². The molecule has 0 amide bonds. The number of carbonyl (C=O) groups is 1. The summed E-state index contributed by atoms with van der Waals surface area (Å²) in [6.45, 7) is 13.7. The number of aromatic nitrogens is 2. The third-order valence-electron chi connectivity index (χ3n) is 5.76. The van der Waals surface area contributed by atoms with E-state index in [9.17, 15) is 4.79 Å². The molecule has 0 radical (unpaired) electrons. The second-order valence-electron chi connectivity index (χ2n) is 9.76. The number of hydrogen-bond acceptors (Lipinski definition) is 5. The van der Waals surface area contributed by atoms with Crippen LogP contribution in [0.4, 0.5) is 0 Å². The summed E-state index contributed by atoms with van der Waals surface area (Å²) in [4.78, 5) is 16.7. The molecule has 1 aromatic carbocycles. The lowest BCUT2D eigenvalue weighted by molar-refractivity contribution is -0.162. The Balaban J connectivity index is 2.58. The summed E-state index contributed by atoms with van der Waals surface area (Å²) in [7, 11) is 3.49. The number of carbonyl (C=O) groups excluding carboxylic acids is 1. The number of allylic oxidation sites excluding steroid dienone is 1. The van der Waals surface area contributed by atoms with Crippen molar-refractivity contribution in [3.63, 3.8) is 0 Å². The van der Waals surface area contributed by atoms with E-state index in [2.05, 4.69) is 43.0 Å². The van der Waals surface area contributed by atoms with Crippen LogP contribution in [0.5, 0.6) is 0 Å². The van der Waals surface area contributed by atoms with Crippen molar-refractivity contribution in [1.82, 2.24) is 9.78 Å². The van der Waals surface area contributed by atoms with E-state index in [4.69, 9.17) is 21.1 Å². The van der Waals surface area contributed by atoms with Crippen LogP contribution >= 0.6 is 11.6 Å². The average Bonchev–Trinajstić information content (AvgIpc) is 3.00. The molecular weight excluding hydrogens is 438 g/mol. The van der Waals surface area contributed by atoms with E-state index in [1.165, 1.54) is 5.56 Å².